The van der Waals surface area contributed by atoms with Gasteiger partial charge in [0.05, 0.1) is 0 Å². The fourth-order valence-electron chi connectivity index (χ4n) is 3.02. The van der Waals surface area contributed by atoms with Gasteiger partial charge in [-0.25, -0.2) is 0 Å². The lowest BCUT2D eigenvalue weighted by atomic mass is 10.2. The molecule has 0 aliphatic heterocycles. The van der Waals surface area contributed by atoms with Gasteiger partial charge in [0, 0.05) is 0 Å². The van der Waals surface area contributed by atoms with Crippen molar-refractivity contribution < 1.29 is 0 Å². The highest BCUT2D eigenvalue weighted by molar-refractivity contribution is 6.74. The smallest absolute Gasteiger partial charge is 0.140 e. The highest BCUT2D eigenvalue weighted by Crippen LogP contribution is 2.07. The molecule has 25 heavy (non-hydrogen) atoms. The van der Waals surface area contributed by atoms with Crippen LogP contribution in [0.3, 0.4) is 0 Å². The molecule has 0 heterocycles. The minimum absolute atomic E-state index is 0.952. The minimum Gasteiger partial charge on any atom is -0.140 e. The van der Waals surface area contributed by atoms with Crippen LogP contribution in [0.15, 0.2) is 33.0 Å². The summed E-state index contributed by atoms with van der Waals surface area (Å²) in [4.78, 5) is 7.66. The monoisotopic (exact) mass is 360 g/mol. The molecule has 0 aromatic rings. The molecule has 0 nitrogen and oxygen atoms in total. The molecule has 1 heteroatoms. The quantitative estimate of drug-likeness (QED) is 0.169. The van der Waals surface area contributed by atoms with E-state index in [2.05, 4.69) is 53.8 Å². The first-order valence-corrected chi connectivity index (χ1v) is 13.3. The van der Waals surface area contributed by atoms with Gasteiger partial charge in [0.2, 0.25) is 0 Å². The summed E-state index contributed by atoms with van der Waals surface area (Å²) in [6, 6.07) is 0. The highest BCUT2D eigenvalue weighted by Gasteiger charge is 2.03. The van der Waals surface area contributed by atoms with Crippen LogP contribution in [0.5, 0.6) is 0 Å². The van der Waals surface area contributed by atoms with Crippen LogP contribution >= 0.6 is 0 Å². The molecule has 0 rings (SSSR count). The van der Waals surface area contributed by atoms with E-state index >= 15 is 0 Å². The zero-order chi connectivity index (χ0) is 18.4. The lowest BCUT2D eigenvalue weighted by Crippen LogP contribution is -2.01. The average Bonchev–Trinajstić information content (AvgIpc) is 2.63. The highest BCUT2D eigenvalue weighted by atomic mass is 27.2. The Morgan fingerprint density at radius 2 is 0.760 bits per heavy atom. The second kappa shape index (κ2) is 21.8. The third-order valence-electron chi connectivity index (χ3n) is 4.75. The molecular weight excluding hydrogens is 315 g/mol. The van der Waals surface area contributed by atoms with Crippen molar-refractivity contribution in [2.24, 2.45) is 0 Å². The molecule has 0 fully saturated rings. The van der Waals surface area contributed by atoms with E-state index in [1.54, 1.807) is 0 Å². The van der Waals surface area contributed by atoms with E-state index in [-0.39, 0.29) is 0 Å². The predicted molar refractivity (Wildman–Crippen MR) is 119 cm³/mol. The molecule has 0 aromatic carbocycles. The number of unbranched alkanes of at least 4 members (excludes halogenated alkanes) is 12. The van der Waals surface area contributed by atoms with E-state index in [0.717, 1.165) is 0 Å². The van der Waals surface area contributed by atoms with E-state index in [1.807, 2.05) is 0 Å². The third kappa shape index (κ3) is 19.9. The van der Waals surface area contributed by atoms with Crippen molar-refractivity contribution in [3.63, 3.8) is 0 Å². The lowest BCUT2D eigenvalue weighted by Gasteiger charge is -1.99. The fourth-order valence-corrected chi connectivity index (χ4v) is 4.92. The fraction of sp³-hybridized carbons (Fsp3) is 0.750. The first-order chi connectivity index (χ1) is 12.3. The Hall–Kier alpha value is -0.248. The topological polar surface area (TPSA) is 0 Å². The third-order valence-corrected chi connectivity index (χ3v) is 6.90. The van der Waals surface area contributed by atoms with E-state index in [4.69, 9.17) is 0 Å². The van der Waals surface area contributed by atoms with Crippen LogP contribution in [-0.2, 0) is 0 Å². The van der Waals surface area contributed by atoms with Crippen LogP contribution in [-0.4, -0.2) is 14.1 Å². The Bertz CT molecular complexity index is 275. The maximum atomic E-state index is 2.55. The van der Waals surface area contributed by atoms with Crippen molar-refractivity contribution >= 4 is 14.1 Å². The zero-order valence-corrected chi connectivity index (χ0v) is 18.8. The average molecular weight is 361 g/mol. The molecule has 0 atom stereocenters. The summed E-state index contributed by atoms with van der Waals surface area (Å²) in [5.74, 6) is 0. The molecule has 0 spiro atoms. The molecule has 0 unspecified atom stereocenters. The molecule has 0 aliphatic rings. The number of rotatable bonds is 18. The number of hydrogen-bond acceptors (Lipinski definition) is 0. The van der Waals surface area contributed by atoms with Crippen molar-refractivity contribution in [1.29, 1.82) is 0 Å². The van der Waals surface area contributed by atoms with Crippen LogP contribution in [0, 0.1) is 0 Å². The van der Waals surface area contributed by atoms with Gasteiger partial charge in [-0.05, 0) is 38.5 Å². The van der Waals surface area contributed by atoms with Crippen LogP contribution in [0.1, 0.15) is 117 Å². The first-order valence-electron chi connectivity index (χ1n) is 11.3. The van der Waals surface area contributed by atoms with Crippen LogP contribution in [0.4, 0.5) is 0 Å². The molecule has 0 saturated heterocycles. The van der Waals surface area contributed by atoms with Crippen molar-refractivity contribution in [2.45, 2.75) is 117 Å². The Balaban J connectivity index is 4.17. The largest absolute Gasteiger partial charge is 0.358 e. The molecule has 0 aliphatic carbocycles. The SMILES string of the molecule is CCCCCCC=[CH][Al]([CH]=CCCCCCC)[CH]=CCCCCCC. The standard InChI is InChI=1S/3C8H15.Al/c3*1-3-5-7-8-6-4-2;/h3*1,3H,4-8H2,2H3;. The Labute approximate surface area is 164 Å². The molecular formula is C24H45Al. The maximum Gasteiger partial charge on any atom is 0.358 e. The molecule has 0 aromatic heterocycles. The van der Waals surface area contributed by atoms with Gasteiger partial charge in [0.25, 0.3) is 0 Å². The summed E-state index contributed by atoms with van der Waals surface area (Å²) >= 11 is -0.952. The summed E-state index contributed by atoms with van der Waals surface area (Å²) in [6.07, 6.45) is 27.7. The van der Waals surface area contributed by atoms with Gasteiger partial charge in [0.15, 0.2) is 0 Å². The molecule has 0 N–H and O–H groups in total. The van der Waals surface area contributed by atoms with Gasteiger partial charge in [0.1, 0.15) is 0 Å². The number of allylic oxidation sites excluding steroid dienone is 3. The Morgan fingerprint density at radius 3 is 1.04 bits per heavy atom. The summed E-state index contributed by atoms with van der Waals surface area (Å²) in [5.41, 5.74) is 0. The van der Waals surface area contributed by atoms with Crippen molar-refractivity contribution in [2.75, 3.05) is 0 Å². The predicted octanol–water partition coefficient (Wildman–Crippen LogP) is 8.68. The maximum absolute atomic E-state index is 2.55. The normalized spacial score (nSPS) is 12.1. The molecule has 0 bridgehead atoms. The van der Waals surface area contributed by atoms with Crippen molar-refractivity contribution in [1.82, 2.24) is 0 Å². The van der Waals surface area contributed by atoms with Crippen LogP contribution < -0.4 is 0 Å². The van der Waals surface area contributed by atoms with E-state index in [9.17, 15) is 0 Å². The summed E-state index contributed by atoms with van der Waals surface area (Å²) in [5, 5.41) is 0. The van der Waals surface area contributed by atoms with Gasteiger partial charge in [-0.15, -0.1) is 33.0 Å². The van der Waals surface area contributed by atoms with E-state index in [0.29, 0.717) is 0 Å². The molecule has 0 saturated carbocycles. The Morgan fingerprint density at radius 1 is 0.440 bits per heavy atom. The van der Waals surface area contributed by atoms with Gasteiger partial charge in [-0.1, -0.05) is 78.6 Å². The van der Waals surface area contributed by atoms with Crippen LogP contribution in [0.2, 0.25) is 0 Å². The van der Waals surface area contributed by atoms with E-state index in [1.165, 1.54) is 96.3 Å². The van der Waals surface area contributed by atoms with Gasteiger partial charge in [-0.2, -0.15) is 0 Å². The minimum atomic E-state index is -0.952. The summed E-state index contributed by atoms with van der Waals surface area (Å²) < 4.78 is 0. The molecule has 144 valence electrons. The van der Waals surface area contributed by atoms with Crippen molar-refractivity contribution in [3.8, 4) is 0 Å². The molecule has 0 radical (unpaired) electrons. The second-order valence-electron chi connectivity index (χ2n) is 7.41. The lowest BCUT2D eigenvalue weighted by molar-refractivity contribution is 0.674. The van der Waals surface area contributed by atoms with Gasteiger partial charge in [-0.3, -0.25) is 0 Å². The second-order valence-corrected chi connectivity index (χ2v) is 9.72. The Kier molecular flexibility index (Phi) is 21.6. The summed E-state index contributed by atoms with van der Waals surface area (Å²) in [6.45, 7) is 6.86. The van der Waals surface area contributed by atoms with E-state index < -0.39 is 14.1 Å². The van der Waals surface area contributed by atoms with Gasteiger partial charge >= 0.3 is 14.1 Å². The van der Waals surface area contributed by atoms with Gasteiger partial charge < -0.3 is 0 Å². The summed E-state index contributed by atoms with van der Waals surface area (Å²) in [7, 11) is 0. The van der Waals surface area contributed by atoms with Crippen molar-refractivity contribution in [3.05, 3.63) is 33.0 Å². The zero-order valence-electron chi connectivity index (χ0n) is 17.6. The molecule has 0 amide bonds. The van der Waals surface area contributed by atoms with Crippen LogP contribution in [0.25, 0.3) is 0 Å². The first kappa shape index (κ1) is 24.8. The number of hydrogen-bond donors (Lipinski definition) is 0.